The van der Waals surface area contributed by atoms with Gasteiger partial charge in [-0.1, -0.05) is 6.07 Å². The first-order chi connectivity index (χ1) is 14.0. The Bertz CT molecular complexity index is 1110. The molecule has 0 N–H and O–H groups in total. The molecule has 0 radical (unpaired) electrons. The molecule has 5 rings (SSSR count). The Morgan fingerprint density at radius 3 is 2.90 bits per heavy atom. The first-order valence-electron chi connectivity index (χ1n) is 9.98. The normalized spacial score (nSPS) is 20.0. The van der Waals surface area contributed by atoms with Crippen molar-refractivity contribution in [2.45, 2.75) is 45.2 Å². The molecule has 7 heteroatoms. The number of aromatic nitrogens is 3. The van der Waals surface area contributed by atoms with Gasteiger partial charge < -0.3 is 14.4 Å². The summed E-state index contributed by atoms with van der Waals surface area (Å²) in [5.41, 5.74) is 5.20. The van der Waals surface area contributed by atoms with E-state index in [0.29, 0.717) is 11.5 Å². The molecule has 0 saturated carbocycles. The SMILES string of the molecule is COc1cc(C)ccc1OCC(=O)N1[C@H]2CC[C@H]1c1cnc3cc(C)nn3c1C2. The molecule has 4 heterocycles. The summed E-state index contributed by atoms with van der Waals surface area (Å²) in [7, 11) is 1.61. The minimum Gasteiger partial charge on any atom is -0.493 e. The maximum Gasteiger partial charge on any atom is 0.261 e. The van der Waals surface area contributed by atoms with Gasteiger partial charge >= 0.3 is 0 Å². The third-order valence-electron chi connectivity index (χ3n) is 5.99. The van der Waals surface area contributed by atoms with Gasteiger partial charge in [0.05, 0.1) is 24.5 Å². The third-order valence-corrected chi connectivity index (χ3v) is 5.99. The molecule has 2 aromatic heterocycles. The molecule has 0 spiro atoms. The van der Waals surface area contributed by atoms with E-state index in [1.54, 1.807) is 7.11 Å². The maximum atomic E-state index is 13.1. The Balaban J connectivity index is 1.39. The van der Waals surface area contributed by atoms with Crippen LogP contribution in [-0.2, 0) is 11.2 Å². The van der Waals surface area contributed by atoms with Crippen molar-refractivity contribution < 1.29 is 14.3 Å². The van der Waals surface area contributed by atoms with Crippen molar-refractivity contribution in [2.75, 3.05) is 13.7 Å². The van der Waals surface area contributed by atoms with Gasteiger partial charge in [0.25, 0.3) is 5.91 Å². The minimum absolute atomic E-state index is 0.00168. The predicted molar refractivity (Wildman–Crippen MR) is 107 cm³/mol. The van der Waals surface area contributed by atoms with E-state index in [2.05, 4.69) is 10.1 Å². The number of carbonyl (C=O) groups is 1. The standard InChI is InChI=1S/C22H24N4O3/c1-13-4-7-19(20(8-13)28-3)29-12-22(27)25-15-5-6-17(25)16-11-23-21-9-14(2)24-26(21)18(16)10-15/h4,7-9,11,15,17H,5-6,10,12H2,1-3H3/t15-,17-/m0/s1. The lowest BCUT2D eigenvalue weighted by Gasteiger charge is -2.36. The number of carbonyl (C=O) groups excluding carboxylic acids is 1. The largest absolute Gasteiger partial charge is 0.493 e. The quantitative estimate of drug-likeness (QED) is 0.683. The van der Waals surface area contributed by atoms with E-state index in [1.165, 1.54) is 5.69 Å². The maximum absolute atomic E-state index is 13.1. The van der Waals surface area contributed by atoms with Crippen LogP contribution in [0.4, 0.5) is 0 Å². The highest BCUT2D eigenvalue weighted by Crippen LogP contribution is 2.43. The molecule has 3 aromatic rings. The van der Waals surface area contributed by atoms with Crippen LogP contribution in [0.25, 0.3) is 5.65 Å². The molecule has 1 aromatic carbocycles. The fraction of sp³-hybridized carbons (Fsp3) is 0.409. The summed E-state index contributed by atoms with van der Waals surface area (Å²) in [5, 5.41) is 4.61. The first-order valence-corrected chi connectivity index (χ1v) is 9.98. The lowest BCUT2D eigenvalue weighted by Crippen LogP contribution is -2.44. The van der Waals surface area contributed by atoms with Gasteiger partial charge in [0.1, 0.15) is 0 Å². The molecule has 2 aliphatic rings. The number of aryl methyl sites for hydroxylation is 2. The number of hydrogen-bond acceptors (Lipinski definition) is 5. The van der Waals surface area contributed by atoms with Crippen LogP contribution < -0.4 is 9.47 Å². The molecular formula is C22H24N4O3. The van der Waals surface area contributed by atoms with Gasteiger partial charge in [0.2, 0.25) is 0 Å². The Hall–Kier alpha value is -3.09. The fourth-order valence-electron chi connectivity index (χ4n) is 4.69. The van der Waals surface area contributed by atoms with Gasteiger partial charge in [-0.3, -0.25) is 4.79 Å². The number of benzene rings is 1. The fourth-order valence-corrected chi connectivity index (χ4v) is 4.69. The Morgan fingerprint density at radius 2 is 2.07 bits per heavy atom. The highest BCUT2D eigenvalue weighted by Gasteiger charge is 2.43. The van der Waals surface area contributed by atoms with Crippen LogP contribution in [0.15, 0.2) is 30.5 Å². The van der Waals surface area contributed by atoms with Crippen LogP contribution in [0.5, 0.6) is 11.5 Å². The molecule has 1 amide bonds. The molecule has 2 bridgehead atoms. The average Bonchev–Trinajstić information content (AvgIpc) is 3.25. The average molecular weight is 392 g/mol. The molecule has 1 saturated heterocycles. The smallest absolute Gasteiger partial charge is 0.261 e. The predicted octanol–water partition coefficient (Wildman–Crippen LogP) is 3.02. The van der Waals surface area contributed by atoms with Crippen molar-refractivity contribution in [3.8, 4) is 11.5 Å². The highest BCUT2D eigenvalue weighted by atomic mass is 16.5. The van der Waals surface area contributed by atoms with E-state index in [-0.39, 0.29) is 24.6 Å². The number of amides is 1. The van der Waals surface area contributed by atoms with Crippen LogP contribution >= 0.6 is 0 Å². The van der Waals surface area contributed by atoms with Crippen molar-refractivity contribution in [1.29, 1.82) is 0 Å². The van der Waals surface area contributed by atoms with E-state index in [9.17, 15) is 4.79 Å². The molecule has 7 nitrogen and oxygen atoms in total. The lowest BCUT2D eigenvalue weighted by atomic mass is 9.99. The van der Waals surface area contributed by atoms with Crippen LogP contribution in [0, 0.1) is 13.8 Å². The molecule has 29 heavy (non-hydrogen) atoms. The second-order valence-electron chi connectivity index (χ2n) is 7.91. The van der Waals surface area contributed by atoms with Gasteiger partial charge in [-0.2, -0.15) is 5.10 Å². The summed E-state index contributed by atoms with van der Waals surface area (Å²) in [6, 6.07) is 7.92. The summed E-state index contributed by atoms with van der Waals surface area (Å²) in [6.45, 7) is 3.97. The second kappa shape index (κ2) is 6.76. The molecule has 2 aliphatic heterocycles. The molecular weight excluding hydrogens is 368 g/mol. The summed E-state index contributed by atoms with van der Waals surface area (Å²) >= 11 is 0. The van der Waals surface area contributed by atoms with Gasteiger partial charge in [0, 0.05) is 30.3 Å². The summed E-state index contributed by atoms with van der Waals surface area (Å²) in [4.78, 5) is 19.7. The first kappa shape index (κ1) is 18.0. The topological polar surface area (TPSA) is 69.0 Å². The lowest BCUT2D eigenvalue weighted by molar-refractivity contribution is -0.137. The van der Waals surface area contributed by atoms with Gasteiger partial charge in [0.15, 0.2) is 23.8 Å². The Morgan fingerprint density at radius 1 is 1.21 bits per heavy atom. The van der Waals surface area contributed by atoms with E-state index in [1.807, 2.05) is 53.7 Å². The number of nitrogens with zero attached hydrogens (tertiary/aromatic N) is 4. The van der Waals surface area contributed by atoms with Crippen LogP contribution in [0.3, 0.4) is 0 Å². The zero-order valence-corrected chi connectivity index (χ0v) is 16.9. The van der Waals surface area contributed by atoms with E-state index in [4.69, 9.17) is 9.47 Å². The third kappa shape index (κ3) is 2.92. The molecule has 150 valence electrons. The summed E-state index contributed by atoms with van der Waals surface area (Å²) in [5.74, 6) is 1.24. The Labute approximate surface area is 169 Å². The van der Waals surface area contributed by atoms with Crippen molar-refractivity contribution in [1.82, 2.24) is 19.5 Å². The number of ether oxygens (including phenoxy) is 2. The summed E-state index contributed by atoms with van der Waals surface area (Å²) < 4.78 is 13.2. The zero-order valence-electron chi connectivity index (χ0n) is 16.9. The van der Waals surface area contributed by atoms with Crippen molar-refractivity contribution in [2.24, 2.45) is 0 Å². The number of methoxy groups -OCH3 is 1. The highest BCUT2D eigenvalue weighted by molar-refractivity contribution is 5.79. The molecule has 0 aliphatic carbocycles. The number of rotatable bonds is 4. The second-order valence-corrected chi connectivity index (χ2v) is 7.91. The summed E-state index contributed by atoms with van der Waals surface area (Å²) in [6.07, 6.45) is 4.65. The zero-order chi connectivity index (χ0) is 20.1. The van der Waals surface area contributed by atoms with Crippen molar-refractivity contribution >= 4 is 11.6 Å². The molecule has 2 atom stereocenters. The van der Waals surface area contributed by atoms with E-state index >= 15 is 0 Å². The number of hydrogen-bond donors (Lipinski definition) is 0. The van der Waals surface area contributed by atoms with Gasteiger partial charge in [-0.05, 0) is 44.4 Å². The van der Waals surface area contributed by atoms with Crippen molar-refractivity contribution in [3.05, 3.63) is 53.0 Å². The van der Waals surface area contributed by atoms with Crippen LogP contribution in [0.1, 0.15) is 41.4 Å². The minimum atomic E-state index is -0.00168. The monoisotopic (exact) mass is 392 g/mol. The van der Waals surface area contributed by atoms with E-state index in [0.717, 1.165) is 41.7 Å². The Kier molecular flexibility index (Phi) is 4.19. The molecule has 0 unspecified atom stereocenters. The van der Waals surface area contributed by atoms with Gasteiger partial charge in [-0.15, -0.1) is 0 Å². The van der Waals surface area contributed by atoms with Crippen LogP contribution in [0.2, 0.25) is 0 Å². The van der Waals surface area contributed by atoms with E-state index < -0.39 is 0 Å². The van der Waals surface area contributed by atoms with Crippen LogP contribution in [-0.4, -0.2) is 45.2 Å². The molecule has 1 fully saturated rings. The van der Waals surface area contributed by atoms with Crippen molar-refractivity contribution in [3.63, 3.8) is 0 Å². The van der Waals surface area contributed by atoms with Gasteiger partial charge in [-0.25, -0.2) is 9.50 Å². The number of fused-ring (bicyclic) bond motifs is 6.